The molecule has 1 amide bonds. The first kappa shape index (κ1) is 39.8. The number of likely N-dealkylation sites (tertiary alicyclic amines) is 1. The van der Waals surface area contributed by atoms with Crippen molar-refractivity contribution in [2.45, 2.75) is 76.5 Å². The summed E-state index contributed by atoms with van der Waals surface area (Å²) in [6.45, 7) is 6.73. The highest BCUT2D eigenvalue weighted by Gasteiger charge is 2.38. The summed E-state index contributed by atoms with van der Waals surface area (Å²) in [6.07, 6.45) is 1.09. The minimum absolute atomic E-state index is 0.0444. The number of carbonyl (C=O) groups is 1. The number of thiophene rings is 1. The number of hydrogen-bond acceptors (Lipinski definition) is 10. The average molecular weight is 766 g/mol. The lowest BCUT2D eigenvalue weighted by atomic mass is 9.92. The van der Waals surface area contributed by atoms with Crippen molar-refractivity contribution >= 4 is 49.6 Å². The van der Waals surface area contributed by atoms with Crippen LogP contribution in [0.25, 0.3) is 32.1 Å². The zero-order chi connectivity index (χ0) is 38.6. The molecule has 2 aromatic heterocycles. The van der Waals surface area contributed by atoms with Crippen molar-refractivity contribution in [3.05, 3.63) is 41.0 Å². The van der Waals surface area contributed by atoms with Gasteiger partial charge in [-0.1, -0.05) is 6.07 Å². The molecule has 0 radical (unpaired) electrons. The van der Waals surface area contributed by atoms with Crippen molar-refractivity contribution in [3.8, 4) is 23.2 Å². The highest BCUT2D eigenvalue weighted by atomic mass is 32.1. The van der Waals surface area contributed by atoms with Gasteiger partial charge in [-0.3, -0.25) is 9.69 Å². The number of nitrogen functional groups attached to an aromatic ring is 1. The first-order valence-corrected chi connectivity index (χ1v) is 18.0. The summed E-state index contributed by atoms with van der Waals surface area (Å²) in [7, 11) is 2.92. The summed E-state index contributed by atoms with van der Waals surface area (Å²) in [5.74, 6) is -2.15. The molecule has 4 aromatic rings. The molecule has 3 fully saturated rings. The van der Waals surface area contributed by atoms with Crippen LogP contribution >= 0.6 is 11.3 Å². The SMILES string of the molecule is CCNc1nc(OC)nc2c(F)c(-c3ccc(F)c4sc(N)c(C#N)c34)c(C(F)(F)F)cc12.COC(C)C1CCCN1C=O.FC1CC2CCCN2C1. The minimum Gasteiger partial charge on any atom is -0.467 e. The van der Waals surface area contributed by atoms with E-state index in [4.69, 9.17) is 15.2 Å². The summed E-state index contributed by atoms with van der Waals surface area (Å²) in [5, 5.41) is 11.8. The van der Waals surface area contributed by atoms with Crippen molar-refractivity contribution in [1.82, 2.24) is 19.8 Å². The molecule has 0 bridgehead atoms. The van der Waals surface area contributed by atoms with E-state index in [1.54, 1.807) is 20.1 Å². The third kappa shape index (κ3) is 8.24. The van der Waals surface area contributed by atoms with Crippen LogP contribution in [-0.2, 0) is 15.7 Å². The van der Waals surface area contributed by atoms with Gasteiger partial charge in [-0.2, -0.15) is 28.4 Å². The Bertz CT molecular complexity index is 1980. The molecule has 3 aliphatic rings. The number of anilines is 2. The Kier molecular flexibility index (Phi) is 12.6. The number of ether oxygens (including phenoxy) is 2. The van der Waals surface area contributed by atoms with Crippen LogP contribution in [0.15, 0.2) is 18.2 Å². The highest BCUT2D eigenvalue weighted by Crippen LogP contribution is 2.47. The number of carbonyl (C=O) groups excluding carboxylic acids is 1. The fraction of sp³-hybridized carbons (Fsp3) is 0.500. The molecule has 3 saturated heterocycles. The van der Waals surface area contributed by atoms with Gasteiger partial charge >= 0.3 is 12.2 Å². The van der Waals surface area contributed by atoms with Gasteiger partial charge in [0.1, 0.15) is 34.4 Å². The summed E-state index contributed by atoms with van der Waals surface area (Å²) < 4.78 is 95.4. The summed E-state index contributed by atoms with van der Waals surface area (Å²) >= 11 is 0.698. The molecule has 3 N–H and O–H groups in total. The highest BCUT2D eigenvalue weighted by molar-refractivity contribution is 7.23. The smallest absolute Gasteiger partial charge is 0.417 e. The zero-order valence-electron chi connectivity index (χ0n) is 29.7. The Hall–Kier alpha value is -4.40. The third-order valence-electron chi connectivity index (χ3n) is 9.79. The molecule has 286 valence electrons. The average Bonchev–Trinajstić information content (AvgIpc) is 3.92. The number of fused-ring (bicyclic) bond motifs is 3. The van der Waals surface area contributed by atoms with Crippen LogP contribution in [0.1, 0.15) is 57.1 Å². The molecule has 7 rings (SSSR count). The van der Waals surface area contributed by atoms with Gasteiger partial charge in [0.15, 0.2) is 5.82 Å². The Labute approximate surface area is 306 Å². The van der Waals surface area contributed by atoms with E-state index < -0.39 is 40.6 Å². The fourth-order valence-corrected chi connectivity index (χ4v) is 8.18. The van der Waals surface area contributed by atoms with Gasteiger partial charge in [0.25, 0.3) is 0 Å². The Morgan fingerprint density at radius 1 is 1.19 bits per heavy atom. The van der Waals surface area contributed by atoms with Crippen LogP contribution in [0.2, 0.25) is 0 Å². The lowest BCUT2D eigenvalue weighted by Gasteiger charge is -2.24. The Morgan fingerprint density at radius 2 is 1.92 bits per heavy atom. The quantitative estimate of drug-likeness (QED) is 0.145. The molecule has 4 atom stereocenters. The third-order valence-corrected chi connectivity index (χ3v) is 10.8. The summed E-state index contributed by atoms with van der Waals surface area (Å²) in [6, 6.07) is 5.05. The second-order valence-corrected chi connectivity index (χ2v) is 14.0. The Morgan fingerprint density at radius 3 is 2.55 bits per heavy atom. The summed E-state index contributed by atoms with van der Waals surface area (Å²) in [4.78, 5) is 22.5. The number of halogens is 6. The number of aromatic nitrogens is 2. The van der Waals surface area contributed by atoms with Gasteiger partial charge in [0.05, 0.1) is 35.1 Å². The van der Waals surface area contributed by atoms with Gasteiger partial charge in [0, 0.05) is 49.1 Å². The molecule has 53 heavy (non-hydrogen) atoms. The number of benzene rings is 2. The Balaban J connectivity index is 0.000000217. The van der Waals surface area contributed by atoms with E-state index in [1.165, 1.54) is 20.0 Å². The normalized spacial score (nSPS) is 20.3. The molecule has 0 saturated carbocycles. The van der Waals surface area contributed by atoms with Crippen molar-refractivity contribution in [2.24, 2.45) is 0 Å². The van der Waals surface area contributed by atoms with Crippen LogP contribution in [-0.4, -0.2) is 90.9 Å². The molecule has 0 aliphatic carbocycles. The predicted octanol–water partition coefficient (Wildman–Crippen LogP) is 7.54. The van der Waals surface area contributed by atoms with Crippen molar-refractivity contribution in [3.63, 3.8) is 0 Å². The standard InChI is InChI=1S/C21H14F5N5OS.C8H15NO2.C7H12FN/c1-3-29-19-9-6-11(21(24,25)26)14(15(23)16(9)30-20(31-19)32-2)8-4-5-12(22)17-13(8)10(7-27)18(28)33-17;1-7(11-2)8-4-3-5-9(8)6-10;8-6-4-7-2-1-3-9(7)5-6/h4-6H,3,28H2,1-2H3,(H,29,30,31);6-8H,3-5H2,1-2H3;6-7H,1-5H2. The number of amides is 1. The molecule has 3 aliphatic heterocycles. The number of rotatable bonds is 7. The van der Waals surface area contributed by atoms with Crippen LogP contribution < -0.4 is 15.8 Å². The van der Waals surface area contributed by atoms with Gasteiger partial charge in [0.2, 0.25) is 6.41 Å². The predicted molar refractivity (Wildman–Crippen MR) is 191 cm³/mol. The fourth-order valence-electron chi connectivity index (χ4n) is 7.23. The number of nitrogens with one attached hydrogen (secondary N) is 1. The van der Waals surface area contributed by atoms with E-state index in [0.717, 1.165) is 57.0 Å². The topological polar surface area (TPSA) is 130 Å². The lowest BCUT2D eigenvalue weighted by Crippen LogP contribution is -2.37. The largest absolute Gasteiger partial charge is 0.467 e. The summed E-state index contributed by atoms with van der Waals surface area (Å²) in [5.41, 5.74) is 2.59. The molecule has 2 aromatic carbocycles. The molecule has 17 heteroatoms. The lowest BCUT2D eigenvalue weighted by molar-refractivity contribution is -0.137. The molecule has 10 nitrogen and oxygen atoms in total. The number of nitrogens with two attached hydrogens (primary N) is 1. The maximum absolute atomic E-state index is 15.9. The second kappa shape index (κ2) is 16.7. The van der Waals surface area contributed by atoms with Crippen LogP contribution in [0.4, 0.5) is 37.2 Å². The van der Waals surface area contributed by atoms with E-state index in [9.17, 15) is 32.0 Å². The van der Waals surface area contributed by atoms with E-state index >= 15 is 4.39 Å². The van der Waals surface area contributed by atoms with Crippen LogP contribution in [0.5, 0.6) is 6.01 Å². The molecule has 0 spiro atoms. The molecule has 5 heterocycles. The maximum Gasteiger partial charge on any atom is 0.417 e. The van der Waals surface area contributed by atoms with Gasteiger partial charge in [-0.05, 0) is 70.2 Å². The minimum atomic E-state index is -5.00. The van der Waals surface area contributed by atoms with E-state index in [2.05, 4.69) is 20.2 Å². The number of alkyl halides is 4. The first-order valence-electron chi connectivity index (χ1n) is 17.2. The molecular weight excluding hydrogens is 724 g/mol. The van der Waals surface area contributed by atoms with E-state index in [1.807, 2.05) is 11.8 Å². The van der Waals surface area contributed by atoms with E-state index in [-0.39, 0.29) is 56.1 Å². The molecule has 4 unspecified atom stereocenters. The van der Waals surface area contributed by atoms with E-state index in [0.29, 0.717) is 30.0 Å². The maximum atomic E-state index is 15.9. The second-order valence-electron chi connectivity index (χ2n) is 13.0. The number of nitriles is 1. The zero-order valence-corrected chi connectivity index (χ0v) is 30.5. The van der Waals surface area contributed by atoms with Gasteiger partial charge < -0.3 is 25.4 Å². The van der Waals surface area contributed by atoms with Crippen LogP contribution in [0.3, 0.4) is 0 Å². The first-order chi connectivity index (χ1) is 25.3. The number of hydrogen-bond donors (Lipinski definition) is 2. The van der Waals surface area contributed by atoms with Gasteiger partial charge in [-0.25, -0.2) is 13.2 Å². The van der Waals surface area contributed by atoms with Gasteiger partial charge in [-0.15, -0.1) is 11.3 Å². The van der Waals surface area contributed by atoms with Crippen molar-refractivity contribution in [1.29, 1.82) is 5.26 Å². The number of nitrogens with zero attached hydrogens (tertiary/aromatic N) is 5. The monoisotopic (exact) mass is 765 g/mol. The van der Waals surface area contributed by atoms with Crippen molar-refractivity contribution < 1.29 is 40.6 Å². The molecular formula is C36H41F6N7O3S. The van der Waals surface area contributed by atoms with Crippen LogP contribution in [0, 0.1) is 23.0 Å². The van der Waals surface area contributed by atoms with Crippen molar-refractivity contribution in [2.75, 3.05) is 51.4 Å². The number of methoxy groups -OCH3 is 2.